The van der Waals surface area contributed by atoms with Crippen LogP contribution >= 0.6 is 22.6 Å². The Kier molecular flexibility index (Phi) is 6.55. The monoisotopic (exact) mass is 531 g/mol. The average Bonchev–Trinajstić information content (AvgIpc) is 3.42. The van der Waals surface area contributed by atoms with Crippen molar-refractivity contribution >= 4 is 39.8 Å². The van der Waals surface area contributed by atoms with Crippen molar-refractivity contribution in [3.63, 3.8) is 0 Å². The van der Waals surface area contributed by atoms with Gasteiger partial charge in [0.15, 0.2) is 11.5 Å². The van der Waals surface area contributed by atoms with Crippen molar-refractivity contribution < 1.29 is 18.8 Å². The summed E-state index contributed by atoms with van der Waals surface area (Å²) in [5.74, 6) is 2.26. The first kappa shape index (κ1) is 21.4. The van der Waals surface area contributed by atoms with E-state index >= 15 is 0 Å². The number of para-hydroxylation sites is 1. The molecule has 2 heterocycles. The molecule has 0 aliphatic rings. The van der Waals surface area contributed by atoms with Gasteiger partial charge in [-0.15, -0.1) is 0 Å². The van der Waals surface area contributed by atoms with Gasteiger partial charge in [-0.05, 0) is 66.6 Å². The minimum absolute atomic E-state index is 0.404. The smallest absolute Gasteiger partial charge is 0.258 e. The summed E-state index contributed by atoms with van der Waals surface area (Å²) in [6, 6.07) is 9.74. The molecule has 2 aromatic carbocycles. The van der Waals surface area contributed by atoms with E-state index in [0.29, 0.717) is 49.3 Å². The molecule has 0 unspecified atom stereocenters. The maximum atomic E-state index is 10.7. The first-order valence-electron chi connectivity index (χ1n) is 10.1. The van der Waals surface area contributed by atoms with Gasteiger partial charge in [0, 0.05) is 29.1 Å². The number of aromatic amines is 1. The maximum absolute atomic E-state index is 10.7. The van der Waals surface area contributed by atoms with Crippen LogP contribution in [0.4, 0.5) is 0 Å². The third-order valence-corrected chi connectivity index (χ3v) is 5.65. The largest absolute Gasteiger partial charge is 0.490 e. The van der Waals surface area contributed by atoms with Gasteiger partial charge in [0.05, 0.1) is 22.3 Å². The SMILES string of the molecule is CCOc1cc(-c2nc(-c3cccc4c(CCC=O)c[nH]c34)no2)cc(I)c1OCC. The van der Waals surface area contributed by atoms with Crippen molar-refractivity contribution in [2.24, 2.45) is 0 Å². The molecule has 0 aliphatic carbocycles. The number of aryl methyl sites for hydroxylation is 1. The molecule has 0 amide bonds. The normalized spacial score (nSPS) is 11.1. The van der Waals surface area contributed by atoms with Crippen LogP contribution in [0.15, 0.2) is 41.1 Å². The van der Waals surface area contributed by atoms with Gasteiger partial charge in [-0.3, -0.25) is 0 Å². The first-order chi connectivity index (χ1) is 15.2. The van der Waals surface area contributed by atoms with Crippen LogP contribution in [-0.2, 0) is 11.2 Å². The number of nitrogens with zero attached hydrogens (tertiary/aromatic N) is 2. The summed E-state index contributed by atoms with van der Waals surface area (Å²) >= 11 is 2.22. The van der Waals surface area contributed by atoms with E-state index in [-0.39, 0.29) is 0 Å². The number of nitrogens with one attached hydrogen (secondary N) is 1. The maximum Gasteiger partial charge on any atom is 0.258 e. The number of rotatable bonds is 9. The molecule has 0 radical (unpaired) electrons. The Morgan fingerprint density at radius 2 is 2.03 bits per heavy atom. The predicted molar refractivity (Wildman–Crippen MR) is 126 cm³/mol. The van der Waals surface area contributed by atoms with Crippen molar-refractivity contribution in [2.75, 3.05) is 13.2 Å². The fraction of sp³-hybridized carbons (Fsp3) is 0.261. The standard InChI is InChI=1S/C23H22IN3O4/c1-3-29-19-12-15(11-18(24)21(19)30-4-2)23-26-22(27-31-23)17-9-5-8-16-14(7-6-10-28)13-25-20(16)17/h5,8-13,25H,3-4,6-7H2,1-2H3. The van der Waals surface area contributed by atoms with Crippen molar-refractivity contribution in [3.8, 4) is 34.3 Å². The number of fused-ring (bicyclic) bond motifs is 1. The highest BCUT2D eigenvalue weighted by atomic mass is 127. The van der Waals surface area contributed by atoms with Crippen molar-refractivity contribution in [1.82, 2.24) is 15.1 Å². The highest BCUT2D eigenvalue weighted by Crippen LogP contribution is 2.38. The zero-order valence-corrected chi connectivity index (χ0v) is 19.4. The second-order valence-corrected chi connectivity index (χ2v) is 7.98. The van der Waals surface area contributed by atoms with E-state index in [1.54, 1.807) is 0 Å². The molecule has 0 spiro atoms. The van der Waals surface area contributed by atoms with Crippen LogP contribution in [-0.4, -0.2) is 34.6 Å². The van der Waals surface area contributed by atoms with E-state index in [4.69, 9.17) is 14.0 Å². The van der Waals surface area contributed by atoms with E-state index in [1.165, 1.54) is 0 Å². The fourth-order valence-corrected chi connectivity index (χ4v) is 4.27. The molecule has 0 saturated heterocycles. The Morgan fingerprint density at radius 1 is 1.19 bits per heavy atom. The second-order valence-electron chi connectivity index (χ2n) is 6.82. The van der Waals surface area contributed by atoms with E-state index in [2.05, 4.69) is 37.7 Å². The Hall–Kier alpha value is -2.88. The molecule has 0 fully saturated rings. The Bertz CT molecular complexity index is 1210. The topological polar surface area (TPSA) is 90.2 Å². The lowest BCUT2D eigenvalue weighted by atomic mass is 10.1. The summed E-state index contributed by atoms with van der Waals surface area (Å²) in [5, 5.41) is 5.27. The van der Waals surface area contributed by atoms with Crippen LogP contribution in [0.3, 0.4) is 0 Å². The molecule has 7 nitrogen and oxygen atoms in total. The van der Waals surface area contributed by atoms with Crippen LogP contribution < -0.4 is 9.47 Å². The van der Waals surface area contributed by atoms with Gasteiger partial charge in [0.1, 0.15) is 6.29 Å². The summed E-state index contributed by atoms with van der Waals surface area (Å²) in [6.45, 7) is 4.95. The number of carbonyl (C=O) groups excluding carboxylic acids is 1. The van der Waals surface area contributed by atoms with Gasteiger partial charge < -0.3 is 23.8 Å². The van der Waals surface area contributed by atoms with Gasteiger partial charge in [0.25, 0.3) is 5.89 Å². The van der Waals surface area contributed by atoms with Crippen molar-refractivity contribution in [3.05, 3.63) is 45.7 Å². The highest BCUT2D eigenvalue weighted by molar-refractivity contribution is 14.1. The molecular formula is C23H22IN3O4. The van der Waals surface area contributed by atoms with E-state index < -0.39 is 0 Å². The number of aromatic nitrogens is 3. The van der Waals surface area contributed by atoms with Gasteiger partial charge in [-0.25, -0.2) is 0 Å². The number of hydrogen-bond acceptors (Lipinski definition) is 6. The van der Waals surface area contributed by atoms with Gasteiger partial charge in [-0.2, -0.15) is 4.98 Å². The van der Waals surface area contributed by atoms with Crippen LogP contribution in [0.25, 0.3) is 33.7 Å². The molecule has 4 rings (SSSR count). The van der Waals surface area contributed by atoms with Gasteiger partial charge in [0.2, 0.25) is 5.82 Å². The molecule has 8 heteroatoms. The summed E-state index contributed by atoms with van der Waals surface area (Å²) < 4.78 is 18.0. The van der Waals surface area contributed by atoms with Crippen LogP contribution in [0.5, 0.6) is 11.5 Å². The Balaban J connectivity index is 1.72. The summed E-state index contributed by atoms with van der Waals surface area (Å²) in [5.41, 5.74) is 3.62. The van der Waals surface area contributed by atoms with E-state index in [0.717, 1.165) is 37.4 Å². The minimum Gasteiger partial charge on any atom is -0.490 e. The molecule has 1 N–H and O–H groups in total. The van der Waals surface area contributed by atoms with Crippen LogP contribution in [0.1, 0.15) is 25.8 Å². The number of carbonyl (C=O) groups is 1. The molecule has 160 valence electrons. The minimum atomic E-state index is 0.404. The zero-order valence-electron chi connectivity index (χ0n) is 17.3. The number of aldehydes is 1. The van der Waals surface area contributed by atoms with Crippen molar-refractivity contribution in [1.29, 1.82) is 0 Å². The molecule has 2 aromatic heterocycles. The average molecular weight is 531 g/mol. The summed E-state index contributed by atoms with van der Waals surface area (Å²) in [7, 11) is 0. The third-order valence-electron chi connectivity index (χ3n) is 4.84. The van der Waals surface area contributed by atoms with Crippen molar-refractivity contribution in [2.45, 2.75) is 26.7 Å². The Morgan fingerprint density at radius 3 is 2.81 bits per heavy atom. The quantitative estimate of drug-likeness (QED) is 0.229. The predicted octanol–water partition coefficient (Wildman–Crippen LogP) is 5.42. The molecule has 0 bridgehead atoms. The fourth-order valence-electron chi connectivity index (χ4n) is 3.51. The molecule has 0 atom stereocenters. The highest BCUT2D eigenvalue weighted by Gasteiger charge is 2.19. The van der Waals surface area contributed by atoms with Crippen LogP contribution in [0.2, 0.25) is 0 Å². The van der Waals surface area contributed by atoms with E-state index in [1.807, 2.05) is 50.4 Å². The zero-order chi connectivity index (χ0) is 21.8. The molecular weight excluding hydrogens is 509 g/mol. The molecule has 0 saturated carbocycles. The van der Waals surface area contributed by atoms with Gasteiger partial charge in [-0.1, -0.05) is 17.3 Å². The number of H-pyrrole nitrogens is 1. The molecule has 0 aliphatic heterocycles. The lowest BCUT2D eigenvalue weighted by Gasteiger charge is -2.13. The Labute approximate surface area is 193 Å². The number of hydrogen-bond donors (Lipinski definition) is 1. The molecule has 31 heavy (non-hydrogen) atoms. The number of ether oxygens (including phenoxy) is 2. The lowest BCUT2D eigenvalue weighted by molar-refractivity contribution is -0.107. The number of halogens is 1. The summed E-state index contributed by atoms with van der Waals surface area (Å²) in [4.78, 5) is 18.7. The second kappa shape index (κ2) is 9.51. The third kappa shape index (κ3) is 4.30. The first-order valence-corrected chi connectivity index (χ1v) is 11.2. The van der Waals surface area contributed by atoms with E-state index in [9.17, 15) is 4.79 Å². The lowest BCUT2D eigenvalue weighted by Crippen LogP contribution is -2.00. The molecule has 4 aromatic rings. The van der Waals surface area contributed by atoms with Crippen LogP contribution in [0, 0.1) is 3.57 Å². The summed E-state index contributed by atoms with van der Waals surface area (Å²) in [6.07, 6.45) is 4.04. The van der Waals surface area contributed by atoms with Gasteiger partial charge >= 0.3 is 0 Å². The number of benzene rings is 2.